The molecule has 1 N–H and O–H groups in total. The molecule has 1 aliphatic rings. The minimum atomic E-state index is -0.739. The van der Waals surface area contributed by atoms with Crippen LogP contribution in [0, 0.1) is 17.0 Å². The van der Waals surface area contributed by atoms with Gasteiger partial charge >= 0.3 is 0 Å². The van der Waals surface area contributed by atoms with Crippen molar-refractivity contribution < 1.29 is 8.78 Å². The molecule has 1 nitrogen and oxygen atoms in total. The summed E-state index contributed by atoms with van der Waals surface area (Å²) in [4.78, 5) is 0. The SMILES string of the molecule is CCCC1(Cc2cccc(F)c2F)CNC1. The van der Waals surface area contributed by atoms with Gasteiger partial charge in [-0.25, -0.2) is 8.78 Å². The van der Waals surface area contributed by atoms with E-state index >= 15 is 0 Å². The summed E-state index contributed by atoms with van der Waals surface area (Å²) in [7, 11) is 0. The zero-order chi connectivity index (χ0) is 11.6. The fourth-order valence-electron chi connectivity index (χ4n) is 2.49. The van der Waals surface area contributed by atoms with E-state index < -0.39 is 11.6 Å². The second kappa shape index (κ2) is 4.50. The van der Waals surface area contributed by atoms with Gasteiger partial charge in [0.15, 0.2) is 11.6 Å². The molecule has 0 unspecified atom stereocenters. The van der Waals surface area contributed by atoms with Crippen LogP contribution in [0.4, 0.5) is 8.78 Å². The Morgan fingerprint density at radius 3 is 2.62 bits per heavy atom. The van der Waals surface area contributed by atoms with Crippen molar-refractivity contribution in [1.82, 2.24) is 5.32 Å². The van der Waals surface area contributed by atoms with Gasteiger partial charge in [-0.05, 0) is 29.9 Å². The summed E-state index contributed by atoms with van der Waals surface area (Å²) >= 11 is 0. The summed E-state index contributed by atoms with van der Waals surface area (Å²) in [6.45, 7) is 3.95. The molecule has 1 fully saturated rings. The van der Waals surface area contributed by atoms with Gasteiger partial charge in [0.2, 0.25) is 0 Å². The van der Waals surface area contributed by atoms with Crippen LogP contribution >= 0.6 is 0 Å². The van der Waals surface area contributed by atoms with Crippen LogP contribution < -0.4 is 5.32 Å². The molecule has 2 rings (SSSR count). The highest BCUT2D eigenvalue weighted by Gasteiger charge is 2.36. The first-order valence-electron chi connectivity index (χ1n) is 5.80. The first-order valence-corrected chi connectivity index (χ1v) is 5.80. The Labute approximate surface area is 94.9 Å². The van der Waals surface area contributed by atoms with Crippen molar-refractivity contribution >= 4 is 0 Å². The minimum absolute atomic E-state index is 0.142. The Hall–Kier alpha value is -0.960. The molecule has 0 amide bonds. The largest absolute Gasteiger partial charge is 0.316 e. The molecule has 3 heteroatoms. The van der Waals surface area contributed by atoms with E-state index in [1.807, 2.05) is 0 Å². The minimum Gasteiger partial charge on any atom is -0.316 e. The maximum absolute atomic E-state index is 13.5. The monoisotopic (exact) mass is 225 g/mol. The molecule has 0 radical (unpaired) electrons. The smallest absolute Gasteiger partial charge is 0.162 e. The van der Waals surface area contributed by atoms with Crippen molar-refractivity contribution in [2.75, 3.05) is 13.1 Å². The van der Waals surface area contributed by atoms with Crippen LogP contribution in [0.15, 0.2) is 18.2 Å². The van der Waals surface area contributed by atoms with Crippen LogP contribution in [0.2, 0.25) is 0 Å². The van der Waals surface area contributed by atoms with Gasteiger partial charge in [0, 0.05) is 13.1 Å². The maximum Gasteiger partial charge on any atom is 0.162 e. The molecule has 0 atom stereocenters. The summed E-state index contributed by atoms with van der Waals surface area (Å²) in [6, 6.07) is 4.44. The average molecular weight is 225 g/mol. The molecule has 0 bridgehead atoms. The molecule has 0 saturated carbocycles. The molecule has 0 aliphatic carbocycles. The molecule has 1 aromatic rings. The van der Waals surface area contributed by atoms with Crippen LogP contribution in [-0.2, 0) is 6.42 Å². The lowest BCUT2D eigenvalue weighted by Crippen LogP contribution is -2.54. The molecule has 88 valence electrons. The Kier molecular flexibility index (Phi) is 3.24. The summed E-state index contributed by atoms with van der Waals surface area (Å²) in [6.07, 6.45) is 2.78. The summed E-state index contributed by atoms with van der Waals surface area (Å²) in [5, 5.41) is 3.22. The van der Waals surface area contributed by atoms with E-state index in [1.54, 1.807) is 12.1 Å². The highest BCUT2D eigenvalue weighted by atomic mass is 19.2. The van der Waals surface area contributed by atoms with Crippen LogP contribution in [0.25, 0.3) is 0 Å². The van der Waals surface area contributed by atoms with Gasteiger partial charge in [0.1, 0.15) is 0 Å². The fourth-order valence-corrected chi connectivity index (χ4v) is 2.49. The molecule has 0 aromatic heterocycles. The molecular weight excluding hydrogens is 208 g/mol. The zero-order valence-electron chi connectivity index (χ0n) is 9.52. The van der Waals surface area contributed by atoms with Gasteiger partial charge in [-0.1, -0.05) is 25.5 Å². The highest BCUT2D eigenvalue weighted by molar-refractivity contribution is 5.21. The van der Waals surface area contributed by atoms with Gasteiger partial charge in [0.05, 0.1) is 0 Å². The Balaban J connectivity index is 2.16. The lowest BCUT2D eigenvalue weighted by Gasteiger charge is -2.43. The lowest BCUT2D eigenvalue weighted by molar-refractivity contribution is 0.149. The topological polar surface area (TPSA) is 12.0 Å². The Morgan fingerprint density at radius 1 is 1.31 bits per heavy atom. The van der Waals surface area contributed by atoms with E-state index in [4.69, 9.17) is 0 Å². The average Bonchev–Trinajstić information content (AvgIpc) is 2.21. The zero-order valence-corrected chi connectivity index (χ0v) is 9.52. The second-order valence-corrected chi connectivity index (χ2v) is 4.74. The summed E-state index contributed by atoms with van der Waals surface area (Å²) < 4.78 is 26.6. The molecule has 1 aromatic carbocycles. The van der Waals surface area contributed by atoms with Crippen LogP contribution in [-0.4, -0.2) is 13.1 Å². The summed E-state index contributed by atoms with van der Waals surface area (Å²) in [5.74, 6) is -1.42. The van der Waals surface area contributed by atoms with E-state index in [9.17, 15) is 8.78 Å². The molecule has 1 heterocycles. The molecule has 1 saturated heterocycles. The van der Waals surface area contributed by atoms with Crippen molar-refractivity contribution in [2.24, 2.45) is 5.41 Å². The highest BCUT2D eigenvalue weighted by Crippen LogP contribution is 2.33. The van der Waals surface area contributed by atoms with Crippen molar-refractivity contribution in [3.8, 4) is 0 Å². The van der Waals surface area contributed by atoms with Crippen molar-refractivity contribution in [1.29, 1.82) is 0 Å². The fraction of sp³-hybridized carbons (Fsp3) is 0.538. The number of hydrogen-bond donors (Lipinski definition) is 1. The standard InChI is InChI=1S/C13H17F2N/c1-2-6-13(8-16-9-13)7-10-4-3-5-11(14)12(10)15/h3-5,16H,2,6-9H2,1H3. The lowest BCUT2D eigenvalue weighted by atomic mass is 9.73. The molecule has 16 heavy (non-hydrogen) atoms. The van der Waals surface area contributed by atoms with Gasteiger partial charge in [-0.3, -0.25) is 0 Å². The third-order valence-electron chi connectivity index (χ3n) is 3.38. The summed E-state index contributed by atoms with van der Waals surface area (Å²) in [5.41, 5.74) is 0.651. The van der Waals surface area contributed by atoms with E-state index in [1.165, 1.54) is 6.07 Å². The number of halogens is 2. The Bertz CT molecular complexity index is 372. The first kappa shape index (κ1) is 11.5. The van der Waals surface area contributed by atoms with Gasteiger partial charge in [-0.15, -0.1) is 0 Å². The number of nitrogens with one attached hydrogen (secondary N) is 1. The third kappa shape index (κ3) is 2.09. The van der Waals surface area contributed by atoms with Gasteiger partial charge < -0.3 is 5.32 Å². The Morgan fingerprint density at radius 2 is 2.06 bits per heavy atom. The number of benzene rings is 1. The molecule has 0 spiro atoms. The van der Waals surface area contributed by atoms with Gasteiger partial charge in [0.25, 0.3) is 0 Å². The van der Waals surface area contributed by atoms with E-state index in [2.05, 4.69) is 12.2 Å². The second-order valence-electron chi connectivity index (χ2n) is 4.74. The van der Waals surface area contributed by atoms with Gasteiger partial charge in [-0.2, -0.15) is 0 Å². The number of rotatable bonds is 4. The third-order valence-corrected chi connectivity index (χ3v) is 3.38. The molecule has 1 aliphatic heterocycles. The van der Waals surface area contributed by atoms with Crippen molar-refractivity contribution in [3.05, 3.63) is 35.4 Å². The van der Waals surface area contributed by atoms with E-state index in [-0.39, 0.29) is 5.41 Å². The van der Waals surface area contributed by atoms with Crippen LogP contribution in [0.3, 0.4) is 0 Å². The van der Waals surface area contributed by atoms with E-state index in [0.717, 1.165) is 25.9 Å². The van der Waals surface area contributed by atoms with Crippen LogP contribution in [0.5, 0.6) is 0 Å². The van der Waals surface area contributed by atoms with Crippen molar-refractivity contribution in [3.63, 3.8) is 0 Å². The maximum atomic E-state index is 13.5. The molecular formula is C13H17F2N. The quantitative estimate of drug-likeness (QED) is 0.830. The predicted molar refractivity (Wildman–Crippen MR) is 60.3 cm³/mol. The van der Waals surface area contributed by atoms with E-state index in [0.29, 0.717) is 12.0 Å². The number of hydrogen-bond acceptors (Lipinski definition) is 1. The normalized spacial score (nSPS) is 18.2. The first-order chi connectivity index (χ1) is 7.67. The van der Waals surface area contributed by atoms with Crippen LogP contribution in [0.1, 0.15) is 25.3 Å². The predicted octanol–water partition coefficient (Wildman–Crippen LogP) is 2.90. The van der Waals surface area contributed by atoms with Crippen molar-refractivity contribution in [2.45, 2.75) is 26.2 Å².